The second kappa shape index (κ2) is 5.71. The van der Waals surface area contributed by atoms with Crippen molar-refractivity contribution in [2.24, 2.45) is 0 Å². The van der Waals surface area contributed by atoms with E-state index in [4.69, 9.17) is 16.3 Å². The summed E-state index contributed by atoms with van der Waals surface area (Å²) >= 11 is 5.99. The van der Waals surface area contributed by atoms with Gasteiger partial charge in [-0.25, -0.2) is 0 Å². The topological polar surface area (TPSA) is 22.1 Å². The highest BCUT2D eigenvalue weighted by Gasteiger charge is 2.08. The maximum atomic E-state index is 5.99. The van der Waals surface area contributed by atoms with Crippen molar-refractivity contribution in [2.75, 3.05) is 7.11 Å². The predicted molar refractivity (Wildman–Crippen MR) is 69.4 cm³/mol. The number of methoxy groups -OCH3 is 1. The van der Waals surface area contributed by atoms with Crippen LogP contribution in [0.1, 0.15) is 19.4 Å². The second-order valence-electron chi connectivity index (χ2n) is 3.10. The van der Waals surface area contributed by atoms with E-state index < -0.39 is 0 Å². The highest BCUT2D eigenvalue weighted by atomic mass is 35.5. The molecule has 1 aromatic carbocycles. The quantitative estimate of drug-likeness (QED) is 0.741. The fraction of sp³-hybridized carbons (Fsp3) is 0.308. The summed E-state index contributed by atoms with van der Waals surface area (Å²) in [7, 11) is 1.60. The second-order valence-corrected chi connectivity index (χ2v) is 3.51. The molecule has 3 heteroatoms. The number of fused-ring (bicyclic) bond motifs is 1. The van der Waals surface area contributed by atoms with Crippen molar-refractivity contribution in [3.8, 4) is 5.75 Å². The fourth-order valence-corrected chi connectivity index (χ4v) is 1.73. The van der Waals surface area contributed by atoms with Gasteiger partial charge >= 0.3 is 0 Å². The van der Waals surface area contributed by atoms with E-state index in [2.05, 4.69) is 4.98 Å². The number of hydrogen-bond acceptors (Lipinski definition) is 2. The molecule has 0 radical (unpaired) electrons. The molecule has 0 amide bonds. The van der Waals surface area contributed by atoms with Crippen LogP contribution in [-0.2, 0) is 0 Å². The zero-order valence-corrected chi connectivity index (χ0v) is 10.8. The van der Waals surface area contributed by atoms with Gasteiger partial charge in [0.25, 0.3) is 0 Å². The molecule has 0 unspecified atom stereocenters. The Balaban J connectivity index is 0.000000606. The third-order valence-corrected chi connectivity index (χ3v) is 2.54. The van der Waals surface area contributed by atoms with Crippen LogP contribution in [0.5, 0.6) is 5.75 Å². The van der Waals surface area contributed by atoms with Crippen LogP contribution < -0.4 is 4.74 Å². The summed E-state index contributed by atoms with van der Waals surface area (Å²) in [6.07, 6.45) is 1.76. The van der Waals surface area contributed by atoms with E-state index >= 15 is 0 Å². The van der Waals surface area contributed by atoms with Gasteiger partial charge in [-0.3, -0.25) is 4.98 Å². The van der Waals surface area contributed by atoms with E-state index in [1.165, 1.54) is 5.56 Å². The monoisotopic (exact) mass is 237 g/mol. The fourth-order valence-electron chi connectivity index (χ4n) is 1.50. The van der Waals surface area contributed by atoms with Crippen LogP contribution in [0.3, 0.4) is 0 Å². The first-order valence-corrected chi connectivity index (χ1v) is 5.69. The summed E-state index contributed by atoms with van der Waals surface area (Å²) in [5.41, 5.74) is 1.99. The molecule has 0 spiro atoms. The van der Waals surface area contributed by atoms with Crippen LogP contribution in [0.15, 0.2) is 24.4 Å². The van der Waals surface area contributed by atoms with Gasteiger partial charge in [0.05, 0.1) is 12.1 Å². The summed E-state index contributed by atoms with van der Waals surface area (Å²) in [4.78, 5) is 4.26. The summed E-state index contributed by atoms with van der Waals surface area (Å²) in [5.74, 6) is 0.646. The molecule has 0 saturated heterocycles. The lowest BCUT2D eigenvalue weighted by atomic mass is 10.1. The lowest BCUT2D eigenvalue weighted by Gasteiger charge is -2.07. The molecule has 2 nitrogen and oxygen atoms in total. The zero-order chi connectivity index (χ0) is 12.1. The number of benzene rings is 1. The lowest BCUT2D eigenvalue weighted by Crippen LogP contribution is -1.90. The average Bonchev–Trinajstić information content (AvgIpc) is 2.32. The van der Waals surface area contributed by atoms with Crippen molar-refractivity contribution in [3.63, 3.8) is 0 Å². The standard InChI is InChI=1S/C11H10ClNO.C2H6/c1-7-5-6-13-10-8(7)3-4-9(12)11(10)14-2;1-2/h3-6H,1-2H3;1-2H3. The smallest absolute Gasteiger partial charge is 0.163 e. The van der Waals surface area contributed by atoms with Gasteiger partial charge in [-0.2, -0.15) is 0 Å². The van der Waals surface area contributed by atoms with Crippen molar-refractivity contribution >= 4 is 22.5 Å². The van der Waals surface area contributed by atoms with E-state index in [9.17, 15) is 0 Å². The summed E-state index contributed by atoms with van der Waals surface area (Å²) in [6, 6.07) is 5.76. The molecule has 2 rings (SSSR count). The van der Waals surface area contributed by atoms with E-state index in [1.54, 1.807) is 13.3 Å². The molecule has 0 saturated carbocycles. The molecule has 1 heterocycles. The van der Waals surface area contributed by atoms with E-state index in [0.29, 0.717) is 10.8 Å². The molecule has 1 aromatic heterocycles. The molecule has 0 aliphatic carbocycles. The molecule has 0 aliphatic heterocycles. The molecular formula is C13H16ClNO. The normalized spacial score (nSPS) is 9.56. The molecule has 0 fully saturated rings. The lowest BCUT2D eigenvalue weighted by molar-refractivity contribution is 0.419. The van der Waals surface area contributed by atoms with Crippen LogP contribution in [0.2, 0.25) is 5.02 Å². The molecule has 0 aliphatic rings. The zero-order valence-electron chi connectivity index (χ0n) is 10.0. The third kappa shape index (κ3) is 2.27. The minimum Gasteiger partial charge on any atom is -0.493 e. The highest BCUT2D eigenvalue weighted by molar-refractivity contribution is 6.33. The number of rotatable bonds is 1. The van der Waals surface area contributed by atoms with Crippen molar-refractivity contribution < 1.29 is 4.74 Å². The minimum atomic E-state index is 0.595. The number of pyridine rings is 1. The molecule has 0 N–H and O–H groups in total. The van der Waals surface area contributed by atoms with Gasteiger partial charge in [-0.15, -0.1) is 0 Å². The predicted octanol–water partition coefficient (Wildman–Crippen LogP) is 4.23. The maximum Gasteiger partial charge on any atom is 0.163 e. The van der Waals surface area contributed by atoms with Crippen molar-refractivity contribution in [3.05, 3.63) is 35.0 Å². The maximum absolute atomic E-state index is 5.99. The van der Waals surface area contributed by atoms with Crippen LogP contribution in [-0.4, -0.2) is 12.1 Å². The molecule has 86 valence electrons. The van der Waals surface area contributed by atoms with Crippen LogP contribution >= 0.6 is 11.6 Å². The van der Waals surface area contributed by atoms with Crippen LogP contribution in [0.25, 0.3) is 10.9 Å². The highest BCUT2D eigenvalue weighted by Crippen LogP contribution is 2.32. The van der Waals surface area contributed by atoms with E-state index in [-0.39, 0.29) is 0 Å². The van der Waals surface area contributed by atoms with Gasteiger partial charge in [-0.1, -0.05) is 31.5 Å². The van der Waals surface area contributed by atoms with Gasteiger partial charge in [0.15, 0.2) is 5.75 Å². The van der Waals surface area contributed by atoms with Gasteiger partial charge < -0.3 is 4.74 Å². The Hall–Kier alpha value is -1.28. The molecule has 0 bridgehead atoms. The number of aromatic nitrogens is 1. The Morgan fingerprint density at radius 1 is 1.19 bits per heavy atom. The SMILES string of the molecule is CC.COc1c(Cl)ccc2c(C)ccnc12. The molecule has 2 aromatic rings. The Morgan fingerprint density at radius 2 is 1.88 bits per heavy atom. The van der Waals surface area contributed by atoms with Gasteiger partial charge in [0.2, 0.25) is 0 Å². The van der Waals surface area contributed by atoms with Crippen molar-refractivity contribution in [2.45, 2.75) is 20.8 Å². The summed E-state index contributed by atoms with van der Waals surface area (Å²) in [6.45, 7) is 6.04. The largest absolute Gasteiger partial charge is 0.493 e. The van der Waals surface area contributed by atoms with Crippen LogP contribution in [0, 0.1) is 6.92 Å². The van der Waals surface area contributed by atoms with Gasteiger partial charge in [-0.05, 0) is 24.6 Å². The van der Waals surface area contributed by atoms with E-state index in [0.717, 1.165) is 10.9 Å². The first-order valence-electron chi connectivity index (χ1n) is 5.32. The first kappa shape index (κ1) is 12.8. The molecule has 16 heavy (non-hydrogen) atoms. The Labute approximate surface area is 101 Å². The minimum absolute atomic E-state index is 0.595. The molecular weight excluding hydrogens is 222 g/mol. The van der Waals surface area contributed by atoms with Gasteiger partial charge in [0, 0.05) is 11.6 Å². The third-order valence-electron chi connectivity index (χ3n) is 2.24. The number of nitrogens with zero attached hydrogens (tertiary/aromatic N) is 1. The van der Waals surface area contributed by atoms with Crippen molar-refractivity contribution in [1.82, 2.24) is 4.98 Å². The first-order chi connectivity index (χ1) is 7.74. The van der Waals surface area contributed by atoms with Crippen molar-refractivity contribution in [1.29, 1.82) is 0 Å². The Morgan fingerprint density at radius 3 is 2.50 bits per heavy atom. The van der Waals surface area contributed by atoms with Gasteiger partial charge in [0.1, 0.15) is 5.52 Å². The number of halogens is 1. The Bertz CT molecular complexity index is 483. The molecule has 0 atom stereocenters. The van der Waals surface area contributed by atoms with E-state index in [1.807, 2.05) is 39.0 Å². The Kier molecular flexibility index (Phi) is 4.56. The average molecular weight is 238 g/mol. The summed E-state index contributed by atoms with van der Waals surface area (Å²) < 4.78 is 5.22. The van der Waals surface area contributed by atoms with Crippen LogP contribution in [0.4, 0.5) is 0 Å². The number of ether oxygens (including phenoxy) is 1. The number of hydrogen-bond donors (Lipinski definition) is 0. The summed E-state index contributed by atoms with van der Waals surface area (Å²) in [5, 5.41) is 1.67. The number of aryl methyl sites for hydroxylation is 1.